The summed E-state index contributed by atoms with van der Waals surface area (Å²) < 4.78 is 54.3. The van der Waals surface area contributed by atoms with Crippen LogP contribution < -0.4 is 14.8 Å². The van der Waals surface area contributed by atoms with Crippen LogP contribution in [0.25, 0.3) is 5.69 Å². The molecule has 1 amide bonds. The molecule has 14 heteroatoms. The number of carbonyl (C=O) groups is 1. The summed E-state index contributed by atoms with van der Waals surface area (Å²) in [6, 6.07) is 8.41. The van der Waals surface area contributed by atoms with Gasteiger partial charge in [0.05, 0.1) is 17.2 Å². The molecule has 0 spiro atoms. The van der Waals surface area contributed by atoms with Gasteiger partial charge in [0, 0.05) is 37.9 Å². The maximum absolute atomic E-state index is 14.0. The van der Waals surface area contributed by atoms with Crippen molar-refractivity contribution in [1.82, 2.24) is 19.8 Å². The van der Waals surface area contributed by atoms with E-state index >= 15 is 0 Å². The summed E-state index contributed by atoms with van der Waals surface area (Å²) in [5, 5.41) is 18.3. The molecule has 0 saturated heterocycles. The Balaban J connectivity index is 2.16. The number of nitro groups is 1. The molecule has 0 atom stereocenters. The van der Waals surface area contributed by atoms with Crippen LogP contribution in [0.2, 0.25) is 0 Å². The lowest BCUT2D eigenvalue weighted by Gasteiger charge is -2.14. The van der Waals surface area contributed by atoms with Crippen LogP contribution in [-0.4, -0.2) is 55.8 Å². The van der Waals surface area contributed by atoms with Gasteiger partial charge >= 0.3 is 0 Å². The molecule has 198 valence electrons. The second-order valence-corrected chi connectivity index (χ2v) is 9.54. The normalized spacial score (nSPS) is 11.4. The molecule has 3 rings (SSSR count). The molecule has 0 saturated carbocycles. The number of sulfonamides is 1. The number of non-ortho nitro benzene ring substituents is 1. The second kappa shape index (κ2) is 11.9. The van der Waals surface area contributed by atoms with Gasteiger partial charge < -0.3 is 14.8 Å². The molecular weight excluding hydrogens is 509 g/mol. The van der Waals surface area contributed by atoms with Crippen LogP contribution in [0.4, 0.5) is 10.1 Å². The minimum Gasteiger partial charge on any atom is -0.437 e. The molecule has 0 aliphatic heterocycles. The Labute approximate surface area is 212 Å². The smallest absolute Gasteiger partial charge is 0.272 e. The van der Waals surface area contributed by atoms with Crippen LogP contribution >= 0.6 is 0 Å². The van der Waals surface area contributed by atoms with Crippen molar-refractivity contribution >= 4 is 21.6 Å². The number of amides is 1. The standard InChI is InChI=1S/C23H26FN5O7S/c1-4-10-25-22(30)21-15(2)23(28(27-21)17-7-5-6-16(24)13-17)36-19-9-8-18(29(31)32)14-20(19)37(33,34)26-11-12-35-3/h5-9,13-14,26H,4,10-12H2,1-3H3,(H,25,30). The number of hydrogen-bond donors (Lipinski definition) is 2. The highest BCUT2D eigenvalue weighted by atomic mass is 32.2. The van der Waals surface area contributed by atoms with Gasteiger partial charge in [-0.15, -0.1) is 0 Å². The Morgan fingerprint density at radius 2 is 1.97 bits per heavy atom. The summed E-state index contributed by atoms with van der Waals surface area (Å²) in [5.74, 6) is -1.42. The van der Waals surface area contributed by atoms with Crippen molar-refractivity contribution in [3.63, 3.8) is 0 Å². The number of carbonyl (C=O) groups excluding carboxylic acids is 1. The fourth-order valence-electron chi connectivity index (χ4n) is 3.29. The van der Waals surface area contributed by atoms with E-state index in [0.29, 0.717) is 13.0 Å². The number of hydrogen-bond acceptors (Lipinski definition) is 8. The third kappa shape index (κ3) is 6.47. The predicted molar refractivity (Wildman–Crippen MR) is 131 cm³/mol. The third-order valence-corrected chi connectivity index (χ3v) is 6.59. The van der Waals surface area contributed by atoms with Gasteiger partial charge in [0.25, 0.3) is 11.6 Å². The molecule has 2 aromatic carbocycles. The monoisotopic (exact) mass is 535 g/mol. The summed E-state index contributed by atoms with van der Waals surface area (Å²) in [6.07, 6.45) is 0.679. The van der Waals surface area contributed by atoms with Gasteiger partial charge in [-0.2, -0.15) is 9.78 Å². The molecule has 0 fully saturated rings. The van der Waals surface area contributed by atoms with Gasteiger partial charge in [0.1, 0.15) is 16.5 Å². The molecule has 0 radical (unpaired) electrons. The van der Waals surface area contributed by atoms with Crippen LogP contribution in [0.5, 0.6) is 11.6 Å². The van der Waals surface area contributed by atoms with Gasteiger partial charge in [-0.05, 0) is 37.6 Å². The quantitative estimate of drug-likeness (QED) is 0.204. The highest BCUT2D eigenvalue weighted by molar-refractivity contribution is 7.89. The zero-order chi connectivity index (χ0) is 27.2. The lowest BCUT2D eigenvalue weighted by molar-refractivity contribution is -0.385. The lowest BCUT2D eigenvalue weighted by Crippen LogP contribution is -2.27. The fourth-order valence-corrected chi connectivity index (χ4v) is 4.44. The van der Waals surface area contributed by atoms with E-state index in [1.165, 1.54) is 32.2 Å². The van der Waals surface area contributed by atoms with Crippen molar-refractivity contribution in [3.05, 3.63) is 69.7 Å². The number of ether oxygens (including phenoxy) is 2. The number of aromatic nitrogens is 2. The van der Waals surface area contributed by atoms with Crippen LogP contribution in [-0.2, 0) is 14.8 Å². The van der Waals surface area contributed by atoms with Crippen molar-refractivity contribution < 1.29 is 32.0 Å². The fraction of sp³-hybridized carbons (Fsp3) is 0.304. The largest absolute Gasteiger partial charge is 0.437 e. The van der Waals surface area contributed by atoms with E-state index in [2.05, 4.69) is 15.1 Å². The van der Waals surface area contributed by atoms with E-state index in [-0.39, 0.29) is 41.7 Å². The topological polar surface area (TPSA) is 155 Å². The van der Waals surface area contributed by atoms with Gasteiger partial charge in [-0.1, -0.05) is 13.0 Å². The van der Waals surface area contributed by atoms with E-state index in [1.807, 2.05) is 6.92 Å². The lowest BCUT2D eigenvalue weighted by atomic mass is 10.2. The molecule has 2 N–H and O–H groups in total. The van der Waals surface area contributed by atoms with Crippen LogP contribution in [0, 0.1) is 22.9 Å². The highest BCUT2D eigenvalue weighted by Gasteiger charge is 2.27. The summed E-state index contributed by atoms with van der Waals surface area (Å²) >= 11 is 0. The van der Waals surface area contributed by atoms with Crippen molar-refractivity contribution in [3.8, 4) is 17.3 Å². The molecule has 0 unspecified atom stereocenters. The summed E-state index contributed by atoms with van der Waals surface area (Å²) in [7, 11) is -2.90. The summed E-state index contributed by atoms with van der Waals surface area (Å²) in [4.78, 5) is 22.8. The average molecular weight is 536 g/mol. The SMILES string of the molecule is CCCNC(=O)c1nn(-c2cccc(F)c2)c(Oc2ccc([N+](=O)[O-])cc2S(=O)(=O)NCCOC)c1C. The molecule has 0 aliphatic carbocycles. The van der Waals surface area contributed by atoms with E-state index in [4.69, 9.17) is 9.47 Å². The molecule has 12 nitrogen and oxygen atoms in total. The predicted octanol–water partition coefficient (Wildman–Crippen LogP) is 3.08. The van der Waals surface area contributed by atoms with Crippen molar-refractivity contribution in [1.29, 1.82) is 0 Å². The number of nitrogens with one attached hydrogen (secondary N) is 2. The van der Waals surface area contributed by atoms with Crippen LogP contribution in [0.1, 0.15) is 29.4 Å². The van der Waals surface area contributed by atoms with Crippen LogP contribution in [0.3, 0.4) is 0 Å². The van der Waals surface area contributed by atoms with Crippen molar-refractivity contribution in [2.24, 2.45) is 0 Å². The highest BCUT2D eigenvalue weighted by Crippen LogP contribution is 2.35. The van der Waals surface area contributed by atoms with Crippen molar-refractivity contribution in [2.45, 2.75) is 25.2 Å². The zero-order valence-corrected chi connectivity index (χ0v) is 21.2. The second-order valence-electron chi connectivity index (χ2n) is 7.81. The first-order chi connectivity index (χ1) is 17.6. The number of methoxy groups -OCH3 is 1. The Bertz CT molecular complexity index is 1410. The number of nitrogens with zero attached hydrogens (tertiary/aromatic N) is 3. The summed E-state index contributed by atoms with van der Waals surface area (Å²) in [5.41, 5.74) is -0.0456. The van der Waals surface area contributed by atoms with Crippen molar-refractivity contribution in [2.75, 3.05) is 26.8 Å². The molecule has 1 heterocycles. The molecule has 37 heavy (non-hydrogen) atoms. The number of rotatable bonds is 12. The van der Waals surface area contributed by atoms with Gasteiger partial charge in [0.15, 0.2) is 5.69 Å². The molecule has 0 aliphatic rings. The number of nitro benzene ring substituents is 1. The Morgan fingerprint density at radius 3 is 2.62 bits per heavy atom. The van der Waals surface area contributed by atoms with E-state index in [0.717, 1.165) is 28.9 Å². The van der Waals surface area contributed by atoms with Crippen LogP contribution in [0.15, 0.2) is 47.4 Å². The number of halogens is 1. The Morgan fingerprint density at radius 1 is 1.22 bits per heavy atom. The first kappa shape index (κ1) is 27.7. The van der Waals surface area contributed by atoms with E-state index in [1.54, 1.807) is 0 Å². The average Bonchev–Trinajstić information content (AvgIpc) is 3.18. The minimum absolute atomic E-state index is 0.0164. The number of benzene rings is 2. The van der Waals surface area contributed by atoms with Gasteiger partial charge in [-0.25, -0.2) is 17.5 Å². The van der Waals surface area contributed by atoms with Gasteiger partial charge in [-0.3, -0.25) is 14.9 Å². The molecule has 0 bridgehead atoms. The Hall–Kier alpha value is -3.88. The van der Waals surface area contributed by atoms with E-state index in [9.17, 15) is 27.7 Å². The molecule has 1 aromatic heterocycles. The first-order valence-corrected chi connectivity index (χ1v) is 12.7. The third-order valence-electron chi connectivity index (χ3n) is 5.10. The summed E-state index contributed by atoms with van der Waals surface area (Å²) in [6.45, 7) is 3.77. The minimum atomic E-state index is -4.29. The van der Waals surface area contributed by atoms with E-state index < -0.39 is 37.3 Å². The molecule has 3 aromatic rings. The first-order valence-electron chi connectivity index (χ1n) is 11.2. The maximum Gasteiger partial charge on any atom is 0.272 e. The zero-order valence-electron chi connectivity index (χ0n) is 20.4. The van der Waals surface area contributed by atoms with Gasteiger partial charge in [0.2, 0.25) is 15.9 Å². The Kier molecular flexibility index (Phi) is 8.91. The maximum atomic E-state index is 14.0. The molecular formula is C23H26FN5O7S.